The molecular formula is C17H18BrClN2O3. The number of halogens is 2. The standard InChI is InChI=1S/C17H18BrClN2O3/c18-16-6-5-15(24-16)17(22)21-9-7-20(8-10-21)11-12-23-14-3-1-13(19)2-4-14/h1-6H,7-12H2. The molecule has 1 saturated heterocycles. The highest BCUT2D eigenvalue weighted by atomic mass is 79.9. The molecule has 0 unspecified atom stereocenters. The number of benzene rings is 1. The molecule has 0 N–H and O–H groups in total. The first-order chi connectivity index (χ1) is 11.6. The van der Waals surface area contributed by atoms with Gasteiger partial charge in [-0.2, -0.15) is 0 Å². The van der Waals surface area contributed by atoms with E-state index >= 15 is 0 Å². The number of rotatable bonds is 5. The average Bonchev–Trinajstić information content (AvgIpc) is 3.03. The topological polar surface area (TPSA) is 45.9 Å². The third kappa shape index (κ3) is 4.53. The number of amides is 1. The summed E-state index contributed by atoms with van der Waals surface area (Å²) in [6.07, 6.45) is 0. The molecule has 0 saturated carbocycles. The minimum atomic E-state index is -0.0576. The maximum atomic E-state index is 12.3. The van der Waals surface area contributed by atoms with Crippen LogP contribution in [0.4, 0.5) is 0 Å². The number of carbonyl (C=O) groups is 1. The van der Waals surface area contributed by atoms with E-state index in [9.17, 15) is 4.79 Å². The molecule has 1 fully saturated rings. The number of ether oxygens (including phenoxy) is 1. The van der Waals surface area contributed by atoms with Gasteiger partial charge in [-0.05, 0) is 52.3 Å². The SMILES string of the molecule is O=C(c1ccc(Br)o1)N1CCN(CCOc2ccc(Cl)cc2)CC1. The van der Waals surface area contributed by atoms with Crippen LogP contribution >= 0.6 is 27.5 Å². The molecule has 5 nitrogen and oxygen atoms in total. The first-order valence-electron chi connectivity index (χ1n) is 7.77. The van der Waals surface area contributed by atoms with E-state index in [0.29, 0.717) is 35.1 Å². The Balaban J connectivity index is 1.40. The zero-order valence-corrected chi connectivity index (χ0v) is 15.4. The quantitative estimate of drug-likeness (QED) is 0.752. The van der Waals surface area contributed by atoms with Crippen LogP contribution in [0.25, 0.3) is 0 Å². The van der Waals surface area contributed by atoms with Crippen LogP contribution in [0.5, 0.6) is 5.75 Å². The largest absolute Gasteiger partial charge is 0.492 e. The van der Waals surface area contributed by atoms with Gasteiger partial charge in [0.05, 0.1) is 0 Å². The average molecular weight is 414 g/mol. The molecule has 0 radical (unpaired) electrons. The number of nitrogens with zero attached hydrogens (tertiary/aromatic N) is 2. The summed E-state index contributed by atoms with van der Waals surface area (Å²) in [5.74, 6) is 1.13. The number of hydrogen-bond donors (Lipinski definition) is 0. The minimum Gasteiger partial charge on any atom is -0.492 e. The predicted octanol–water partition coefficient (Wildman–Crippen LogP) is 3.53. The Labute approximate surface area is 154 Å². The fraction of sp³-hybridized carbons (Fsp3) is 0.353. The lowest BCUT2D eigenvalue weighted by atomic mass is 10.3. The highest BCUT2D eigenvalue weighted by Crippen LogP contribution is 2.17. The lowest BCUT2D eigenvalue weighted by Gasteiger charge is -2.34. The highest BCUT2D eigenvalue weighted by molar-refractivity contribution is 9.10. The van der Waals surface area contributed by atoms with Gasteiger partial charge in [-0.25, -0.2) is 0 Å². The van der Waals surface area contributed by atoms with Gasteiger partial charge in [0.15, 0.2) is 10.4 Å². The van der Waals surface area contributed by atoms with E-state index in [1.165, 1.54) is 0 Å². The zero-order chi connectivity index (χ0) is 16.9. The third-order valence-corrected chi connectivity index (χ3v) is 4.61. The number of furan rings is 1. The Morgan fingerprint density at radius 2 is 1.83 bits per heavy atom. The molecule has 1 aromatic heterocycles. The molecule has 2 heterocycles. The van der Waals surface area contributed by atoms with Crippen molar-refractivity contribution in [1.82, 2.24) is 9.80 Å². The summed E-state index contributed by atoms with van der Waals surface area (Å²) >= 11 is 9.07. The maximum absolute atomic E-state index is 12.3. The van der Waals surface area contributed by atoms with Crippen LogP contribution in [0.1, 0.15) is 10.6 Å². The van der Waals surface area contributed by atoms with Gasteiger partial charge in [-0.3, -0.25) is 9.69 Å². The Hall–Kier alpha value is -1.50. The van der Waals surface area contributed by atoms with E-state index in [1.54, 1.807) is 12.1 Å². The van der Waals surface area contributed by atoms with Gasteiger partial charge < -0.3 is 14.1 Å². The first kappa shape index (κ1) is 17.3. The first-order valence-corrected chi connectivity index (χ1v) is 8.94. The molecule has 3 rings (SSSR count). The summed E-state index contributed by atoms with van der Waals surface area (Å²) in [7, 11) is 0. The van der Waals surface area contributed by atoms with Crippen LogP contribution < -0.4 is 4.74 Å². The molecule has 2 aromatic rings. The summed E-state index contributed by atoms with van der Waals surface area (Å²) < 4.78 is 11.6. The summed E-state index contributed by atoms with van der Waals surface area (Å²) in [6.45, 7) is 4.49. The summed E-state index contributed by atoms with van der Waals surface area (Å²) in [5, 5.41) is 0.701. The predicted molar refractivity (Wildman–Crippen MR) is 95.7 cm³/mol. The van der Waals surface area contributed by atoms with Crippen LogP contribution in [0.15, 0.2) is 45.5 Å². The maximum Gasteiger partial charge on any atom is 0.289 e. The fourth-order valence-electron chi connectivity index (χ4n) is 2.58. The van der Waals surface area contributed by atoms with Crippen molar-refractivity contribution in [1.29, 1.82) is 0 Å². The lowest BCUT2D eigenvalue weighted by molar-refractivity contribution is 0.0589. The monoisotopic (exact) mass is 412 g/mol. The van der Waals surface area contributed by atoms with Crippen molar-refractivity contribution in [3.05, 3.63) is 51.9 Å². The van der Waals surface area contributed by atoms with Crippen molar-refractivity contribution in [3.8, 4) is 5.75 Å². The zero-order valence-electron chi connectivity index (χ0n) is 13.1. The van der Waals surface area contributed by atoms with Crippen LogP contribution in [-0.2, 0) is 0 Å². The summed E-state index contributed by atoms with van der Waals surface area (Å²) in [5.41, 5.74) is 0. The van der Waals surface area contributed by atoms with Gasteiger partial charge in [0.25, 0.3) is 5.91 Å². The smallest absolute Gasteiger partial charge is 0.289 e. The molecule has 0 aliphatic carbocycles. The molecule has 0 atom stereocenters. The summed E-state index contributed by atoms with van der Waals surface area (Å²) in [4.78, 5) is 16.4. The van der Waals surface area contributed by atoms with E-state index in [0.717, 1.165) is 25.4 Å². The lowest BCUT2D eigenvalue weighted by Crippen LogP contribution is -2.49. The van der Waals surface area contributed by atoms with Crippen molar-refractivity contribution in [2.75, 3.05) is 39.3 Å². The fourth-order valence-corrected chi connectivity index (χ4v) is 3.02. The van der Waals surface area contributed by atoms with Gasteiger partial charge in [0, 0.05) is 37.7 Å². The van der Waals surface area contributed by atoms with Crippen LogP contribution in [0, 0.1) is 0 Å². The van der Waals surface area contributed by atoms with Crippen LogP contribution in [0.2, 0.25) is 5.02 Å². The highest BCUT2D eigenvalue weighted by Gasteiger charge is 2.23. The van der Waals surface area contributed by atoms with Crippen LogP contribution in [-0.4, -0.2) is 55.0 Å². The van der Waals surface area contributed by atoms with E-state index in [4.69, 9.17) is 20.8 Å². The van der Waals surface area contributed by atoms with Crippen molar-refractivity contribution < 1.29 is 13.9 Å². The van der Waals surface area contributed by atoms with Gasteiger partial charge in [0.1, 0.15) is 12.4 Å². The molecule has 1 aliphatic heterocycles. The van der Waals surface area contributed by atoms with Gasteiger partial charge in [-0.15, -0.1) is 0 Å². The van der Waals surface area contributed by atoms with Crippen LogP contribution in [0.3, 0.4) is 0 Å². The molecule has 24 heavy (non-hydrogen) atoms. The molecule has 128 valence electrons. The molecule has 7 heteroatoms. The van der Waals surface area contributed by atoms with Crippen molar-refractivity contribution in [2.45, 2.75) is 0 Å². The van der Waals surface area contributed by atoms with E-state index in [2.05, 4.69) is 20.8 Å². The second-order valence-corrected chi connectivity index (χ2v) is 6.76. The Morgan fingerprint density at radius 3 is 2.46 bits per heavy atom. The Kier molecular flexibility index (Phi) is 5.81. The van der Waals surface area contributed by atoms with Gasteiger partial charge >= 0.3 is 0 Å². The minimum absolute atomic E-state index is 0.0576. The normalized spacial score (nSPS) is 15.5. The van der Waals surface area contributed by atoms with Gasteiger partial charge in [0.2, 0.25) is 0 Å². The van der Waals surface area contributed by atoms with E-state index in [1.807, 2.05) is 29.2 Å². The van der Waals surface area contributed by atoms with E-state index < -0.39 is 0 Å². The van der Waals surface area contributed by atoms with Crippen molar-refractivity contribution >= 4 is 33.4 Å². The molecular weight excluding hydrogens is 396 g/mol. The Bertz CT molecular complexity index is 681. The number of hydrogen-bond acceptors (Lipinski definition) is 4. The van der Waals surface area contributed by atoms with E-state index in [-0.39, 0.29) is 5.91 Å². The number of piperazine rings is 1. The molecule has 0 spiro atoms. The number of carbonyl (C=O) groups excluding carboxylic acids is 1. The van der Waals surface area contributed by atoms with Crippen molar-refractivity contribution in [3.63, 3.8) is 0 Å². The molecule has 1 aromatic carbocycles. The van der Waals surface area contributed by atoms with Crippen molar-refractivity contribution in [2.24, 2.45) is 0 Å². The molecule has 0 bridgehead atoms. The second-order valence-electron chi connectivity index (χ2n) is 5.54. The second kappa shape index (κ2) is 8.05. The summed E-state index contributed by atoms with van der Waals surface area (Å²) in [6, 6.07) is 10.8. The molecule has 1 aliphatic rings. The Morgan fingerprint density at radius 1 is 1.12 bits per heavy atom. The third-order valence-electron chi connectivity index (χ3n) is 3.93. The van der Waals surface area contributed by atoms with Gasteiger partial charge in [-0.1, -0.05) is 11.6 Å². The molecule has 1 amide bonds.